The molecule has 6 aromatic carbocycles. The molecule has 6 heterocycles. The summed E-state index contributed by atoms with van der Waals surface area (Å²) in [4.78, 5) is 14.7. The molecule has 1 aliphatic carbocycles. The molecule has 0 saturated carbocycles. The summed E-state index contributed by atoms with van der Waals surface area (Å²) < 4.78 is 0. The maximum Gasteiger partial charge on any atom is 0.101 e. The molecule has 0 aromatic heterocycles. The molecular weight excluding hydrogens is 793 g/mol. The van der Waals surface area contributed by atoms with Gasteiger partial charge >= 0.3 is 0 Å². The molecule has 0 amide bonds. The fourth-order valence-electron chi connectivity index (χ4n) is 8.92. The number of para-hydroxylation sites is 6. The molecule has 6 aromatic rings. The summed E-state index contributed by atoms with van der Waals surface area (Å²) in [6, 6.07) is 57.9. The third-order valence-corrected chi connectivity index (χ3v) is 10.9. The predicted octanol–water partition coefficient (Wildman–Crippen LogP) is 8.31. The van der Waals surface area contributed by atoms with Crippen molar-refractivity contribution in [3.05, 3.63) is 199 Å². The standard InChI is InChI=1S/C43H28N6.Ir/c1-4-19-37-34(16-1)44-25-47(37)43-48-26-45(35-17-2-5-20-38(35)48)41-30-12-7-10-28(22-30)40(44)29-11-8-13-31(23-29)42(33-15-9-14-32(41)24-33)46-27-49(43)39-21-6-3-18-36(39)46;/h1-21,25-27,40-43H;/q-6;. The molecular formula is C43H28IrN6-6. The van der Waals surface area contributed by atoms with Gasteiger partial charge in [0.05, 0.1) is 0 Å². The van der Waals surface area contributed by atoms with Crippen molar-refractivity contribution in [2.45, 2.75) is 24.4 Å². The van der Waals surface area contributed by atoms with Crippen LogP contribution in [-0.4, -0.2) is 6.29 Å². The van der Waals surface area contributed by atoms with Crippen molar-refractivity contribution in [3.63, 3.8) is 0 Å². The van der Waals surface area contributed by atoms with Crippen LogP contribution >= 0.6 is 0 Å². The summed E-state index contributed by atoms with van der Waals surface area (Å²) in [6.07, 6.45) is -0.268. The maximum atomic E-state index is 3.99. The van der Waals surface area contributed by atoms with Gasteiger partial charge in [0.2, 0.25) is 0 Å². The van der Waals surface area contributed by atoms with E-state index in [1.165, 1.54) is 0 Å². The third kappa shape index (κ3) is 3.71. The number of hydrogen-bond acceptors (Lipinski definition) is 6. The van der Waals surface area contributed by atoms with Crippen LogP contribution in [-0.2, 0) is 20.1 Å². The van der Waals surface area contributed by atoms with E-state index in [9.17, 15) is 0 Å². The van der Waals surface area contributed by atoms with Crippen LogP contribution in [0.25, 0.3) is 0 Å². The molecule has 0 fully saturated rings. The zero-order valence-corrected chi connectivity index (χ0v) is 29.1. The quantitative estimate of drug-likeness (QED) is 0.143. The van der Waals surface area contributed by atoms with Crippen LogP contribution in [0.2, 0.25) is 0 Å². The van der Waals surface area contributed by atoms with E-state index in [0.29, 0.717) is 0 Å². The average Bonchev–Trinajstić information content (AvgIpc) is 3.82. The smallest absolute Gasteiger partial charge is 0.101 e. The zero-order valence-electron chi connectivity index (χ0n) is 26.7. The van der Waals surface area contributed by atoms with Gasteiger partial charge in [-0.3, -0.25) is 0 Å². The van der Waals surface area contributed by atoms with Crippen LogP contribution in [0.15, 0.2) is 127 Å². The van der Waals surface area contributed by atoms with Crippen LogP contribution in [0.3, 0.4) is 0 Å². The Balaban J connectivity index is 0.00000300. The Morgan fingerprint density at radius 2 is 0.560 bits per heavy atom. The summed E-state index contributed by atoms with van der Waals surface area (Å²) in [5.74, 6) is 0. The molecule has 50 heavy (non-hydrogen) atoms. The molecule has 0 saturated heterocycles. The van der Waals surface area contributed by atoms with Gasteiger partial charge in [-0.05, 0) is 36.4 Å². The minimum absolute atomic E-state index is 0. The summed E-state index contributed by atoms with van der Waals surface area (Å²) in [6.45, 7) is 6.96. The van der Waals surface area contributed by atoms with Gasteiger partial charge in [0.15, 0.2) is 0 Å². The van der Waals surface area contributed by atoms with Gasteiger partial charge in [-0.1, -0.05) is 36.4 Å². The second-order valence-electron chi connectivity index (χ2n) is 13.5. The minimum Gasteiger partial charge on any atom is -0.495 e. The molecule has 1 radical (unpaired) electrons. The molecule has 6 aliphatic heterocycles. The monoisotopic (exact) mass is 821 g/mol. The Hall–Kier alpha value is -5.23. The second-order valence-corrected chi connectivity index (χ2v) is 13.5. The zero-order chi connectivity index (χ0) is 31.8. The molecule has 13 rings (SSSR count). The molecule has 16 bridgehead atoms. The minimum atomic E-state index is -0.268. The first-order valence-electron chi connectivity index (χ1n) is 16.9. The van der Waals surface area contributed by atoms with Crippen molar-refractivity contribution in [1.29, 1.82) is 0 Å². The van der Waals surface area contributed by atoms with E-state index in [4.69, 9.17) is 0 Å². The molecule has 7 aliphatic rings. The van der Waals surface area contributed by atoms with Gasteiger partial charge in [0, 0.05) is 72.4 Å². The first-order chi connectivity index (χ1) is 24.3. The third-order valence-electron chi connectivity index (χ3n) is 10.9. The molecule has 0 spiro atoms. The van der Waals surface area contributed by atoms with E-state index in [2.05, 4.69) is 195 Å². The molecule has 0 N–H and O–H groups in total. The van der Waals surface area contributed by atoms with Crippen LogP contribution in [0, 0.1) is 38.2 Å². The maximum absolute atomic E-state index is 3.99. The molecule has 245 valence electrons. The SMILES string of the molecule is [Ir].[c-]1c2cccc1C1c3[c-]c(ccc3)C3c4[c-]c(ccc4)C2N2[CH-]N(c4ccccc42)C(N2[CH-]N1c1ccccc12)N1[CH-]N3c2ccccc21. The van der Waals surface area contributed by atoms with E-state index >= 15 is 0 Å². The van der Waals surface area contributed by atoms with Gasteiger partial charge < -0.3 is 29.4 Å². The topological polar surface area (TPSA) is 19.4 Å². The Labute approximate surface area is 305 Å². The first-order valence-corrected chi connectivity index (χ1v) is 16.9. The Morgan fingerprint density at radius 3 is 0.820 bits per heavy atom. The fraction of sp³-hybridized carbons (Fsp3) is 0.0930. The van der Waals surface area contributed by atoms with E-state index in [0.717, 1.165) is 67.5 Å². The van der Waals surface area contributed by atoms with Crippen LogP contribution < -0.4 is 29.4 Å². The van der Waals surface area contributed by atoms with E-state index in [1.54, 1.807) is 0 Å². The normalized spacial score (nSPS) is 22.6. The van der Waals surface area contributed by atoms with Gasteiger partial charge in [-0.2, -0.15) is 92.8 Å². The number of benzene rings is 6. The van der Waals surface area contributed by atoms with Crippen molar-refractivity contribution < 1.29 is 20.1 Å². The number of nitrogens with zero attached hydrogens (tertiary/aromatic N) is 6. The van der Waals surface area contributed by atoms with Gasteiger partial charge in [0.25, 0.3) is 0 Å². The van der Waals surface area contributed by atoms with Gasteiger partial charge in [0.1, 0.15) is 6.29 Å². The van der Waals surface area contributed by atoms with Gasteiger partial charge in [-0.25, -0.2) is 0 Å². The van der Waals surface area contributed by atoms with Crippen molar-refractivity contribution in [2.75, 3.05) is 29.4 Å². The van der Waals surface area contributed by atoms with E-state index in [1.807, 2.05) is 0 Å². The molecule has 7 heteroatoms. The second kappa shape index (κ2) is 10.4. The van der Waals surface area contributed by atoms with Gasteiger partial charge in [-0.15, -0.1) is 33.4 Å². The van der Waals surface area contributed by atoms with Crippen LogP contribution in [0.5, 0.6) is 0 Å². The molecule has 6 nitrogen and oxygen atoms in total. The summed E-state index contributed by atoms with van der Waals surface area (Å²) >= 11 is 0. The number of fused-ring (bicyclic) bond motifs is 3. The number of anilines is 6. The summed E-state index contributed by atoms with van der Waals surface area (Å²) in [7, 11) is 0. The van der Waals surface area contributed by atoms with Crippen LogP contribution in [0.1, 0.15) is 51.5 Å². The molecule has 0 unspecified atom stereocenters. The largest absolute Gasteiger partial charge is 0.495 e. The van der Waals surface area contributed by atoms with Crippen LogP contribution in [0.4, 0.5) is 34.1 Å². The van der Waals surface area contributed by atoms with E-state index in [-0.39, 0.29) is 44.5 Å². The number of hydrogen-bond donors (Lipinski definition) is 0. The Kier molecular flexibility index (Phi) is 5.94. The Morgan fingerprint density at radius 1 is 0.320 bits per heavy atom. The fourth-order valence-corrected chi connectivity index (χ4v) is 8.92. The predicted molar refractivity (Wildman–Crippen MR) is 192 cm³/mol. The van der Waals surface area contributed by atoms with Crippen molar-refractivity contribution in [3.8, 4) is 0 Å². The summed E-state index contributed by atoms with van der Waals surface area (Å²) in [5.41, 5.74) is 13.5. The van der Waals surface area contributed by atoms with E-state index < -0.39 is 0 Å². The first kappa shape index (κ1) is 28.6. The van der Waals surface area contributed by atoms with Crippen molar-refractivity contribution >= 4 is 34.1 Å². The number of rotatable bonds is 0. The molecule has 0 atom stereocenters. The summed E-state index contributed by atoms with van der Waals surface area (Å²) in [5, 5.41) is 0. The average molecular weight is 821 g/mol. The van der Waals surface area contributed by atoms with Crippen molar-refractivity contribution in [2.24, 2.45) is 0 Å². The Bertz CT molecular complexity index is 2020. The van der Waals surface area contributed by atoms with Crippen molar-refractivity contribution in [1.82, 2.24) is 0 Å².